The predicted octanol–water partition coefficient (Wildman–Crippen LogP) is 2.55. The minimum absolute atomic E-state index is 0.0669. The van der Waals surface area contributed by atoms with Crippen LogP contribution in [0.4, 0.5) is 10.1 Å². The zero-order chi connectivity index (χ0) is 13.7. The quantitative estimate of drug-likeness (QED) is 0.889. The molecule has 2 rings (SSSR count). The van der Waals surface area contributed by atoms with Crippen molar-refractivity contribution in [3.05, 3.63) is 54.3 Å². The SMILES string of the molecule is O=C(COc1ccc(F)cc1)Nc1cccc(O)c1. The number of benzene rings is 2. The van der Waals surface area contributed by atoms with E-state index in [0.29, 0.717) is 11.4 Å². The summed E-state index contributed by atoms with van der Waals surface area (Å²) in [6, 6.07) is 11.6. The molecule has 2 aromatic rings. The van der Waals surface area contributed by atoms with Crippen LogP contribution in [0.2, 0.25) is 0 Å². The lowest BCUT2D eigenvalue weighted by Gasteiger charge is -2.07. The highest BCUT2D eigenvalue weighted by Crippen LogP contribution is 2.15. The molecule has 0 spiro atoms. The maximum Gasteiger partial charge on any atom is 0.262 e. The molecule has 0 saturated carbocycles. The van der Waals surface area contributed by atoms with Gasteiger partial charge in [-0.2, -0.15) is 0 Å². The molecule has 98 valence electrons. The van der Waals surface area contributed by atoms with Gasteiger partial charge >= 0.3 is 0 Å². The smallest absolute Gasteiger partial charge is 0.262 e. The second-order valence-electron chi connectivity index (χ2n) is 3.84. The van der Waals surface area contributed by atoms with Crippen molar-refractivity contribution in [3.63, 3.8) is 0 Å². The fourth-order valence-corrected chi connectivity index (χ4v) is 1.46. The first kappa shape index (κ1) is 12.9. The number of anilines is 1. The highest BCUT2D eigenvalue weighted by atomic mass is 19.1. The molecule has 1 amide bonds. The standard InChI is InChI=1S/C14H12FNO3/c15-10-4-6-13(7-5-10)19-9-14(18)16-11-2-1-3-12(17)8-11/h1-8,17H,9H2,(H,16,18). The molecule has 0 aromatic heterocycles. The van der Waals surface area contributed by atoms with Crippen molar-refractivity contribution in [2.75, 3.05) is 11.9 Å². The Balaban J connectivity index is 1.86. The van der Waals surface area contributed by atoms with Crippen molar-refractivity contribution >= 4 is 11.6 Å². The lowest BCUT2D eigenvalue weighted by atomic mass is 10.3. The van der Waals surface area contributed by atoms with Crippen LogP contribution < -0.4 is 10.1 Å². The predicted molar refractivity (Wildman–Crippen MR) is 68.6 cm³/mol. The highest BCUT2D eigenvalue weighted by molar-refractivity contribution is 5.92. The third kappa shape index (κ3) is 3.99. The molecule has 2 aromatic carbocycles. The van der Waals surface area contributed by atoms with Crippen LogP contribution in [0.1, 0.15) is 0 Å². The molecule has 0 atom stereocenters. The number of carbonyl (C=O) groups is 1. The van der Waals surface area contributed by atoms with Crippen LogP contribution in [-0.4, -0.2) is 17.6 Å². The van der Waals surface area contributed by atoms with Gasteiger partial charge in [0, 0.05) is 11.8 Å². The largest absolute Gasteiger partial charge is 0.508 e. The number of ether oxygens (including phenoxy) is 1. The van der Waals surface area contributed by atoms with E-state index in [2.05, 4.69) is 5.32 Å². The number of phenolic OH excluding ortho intramolecular Hbond substituents is 1. The van der Waals surface area contributed by atoms with Crippen molar-refractivity contribution in [2.45, 2.75) is 0 Å². The fraction of sp³-hybridized carbons (Fsp3) is 0.0714. The van der Waals surface area contributed by atoms with Gasteiger partial charge in [-0.3, -0.25) is 4.79 Å². The fourth-order valence-electron chi connectivity index (χ4n) is 1.46. The lowest BCUT2D eigenvalue weighted by Crippen LogP contribution is -2.20. The molecule has 19 heavy (non-hydrogen) atoms. The maximum absolute atomic E-state index is 12.7. The van der Waals surface area contributed by atoms with Crippen molar-refractivity contribution in [3.8, 4) is 11.5 Å². The van der Waals surface area contributed by atoms with Crippen molar-refractivity contribution < 1.29 is 19.0 Å². The number of rotatable bonds is 4. The minimum Gasteiger partial charge on any atom is -0.508 e. The van der Waals surface area contributed by atoms with Gasteiger partial charge in [0.1, 0.15) is 17.3 Å². The third-order valence-electron chi connectivity index (χ3n) is 2.31. The molecule has 0 aliphatic heterocycles. The summed E-state index contributed by atoms with van der Waals surface area (Å²) >= 11 is 0. The Morgan fingerprint density at radius 2 is 1.95 bits per heavy atom. The van der Waals surface area contributed by atoms with Crippen LogP contribution in [0, 0.1) is 5.82 Å². The summed E-state index contributed by atoms with van der Waals surface area (Å²) in [6.07, 6.45) is 0. The average Bonchev–Trinajstić information content (AvgIpc) is 2.38. The number of hydrogen-bond donors (Lipinski definition) is 2. The van der Waals surface area contributed by atoms with Gasteiger partial charge in [-0.05, 0) is 36.4 Å². The molecule has 0 bridgehead atoms. The monoisotopic (exact) mass is 261 g/mol. The van der Waals surface area contributed by atoms with E-state index in [1.165, 1.54) is 36.4 Å². The molecule has 5 heteroatoms. The molecule has 0 heterocycles. The number of carbonyl (C=O) groups excluding carboxylic acids is 1. The summed E-state index contributed by atoms with van der Waals surface area (Å²) in [5, 5.41) is 11.8. The Morgan fingerprint density at radius 1 is 1.21 bits per heavy atom. The van der Waals surface area contributed by atoms with Gasteiger partial charge < -0.3 is 15.2 Å². The molecule has 2 N–H and O–H groups in total. The van der Waals surface area contributed by atoms with Gasteiger partial charge in [0.15, 0.2) is 6.61 Å². The number of halogens is 1. The Kier molecular flexibility index (Phi) is 3.97. The summed E-state index contributed by atoms with van der Waals surface area (Å²) in [5.74, 6) is -0.254. The molecular weight excluding hydrogens is 249 g/mol. The molecule has 0 radical (unpaired) electrons. The first-order chi connectivity index (χ1) is 9.13. The zero-order valence-corrected chi connectivity index (χ0v) is 9.97. The van der Waals surface area contributed by atoms with Gasteiger partial charge in [-0.25, -0.2) is 4.39 Å². The number of hydrogen-bond acceptors (Lipinski definition) is 3. The first-order valence-electron chi connectivity index (χ1n) is 5.61. The van der Waals surface area contributed by atoms with Crippen molar-refractivity contribution in [1.29, 1.82) is 0 Å². The van der Waals surface area contributed by atoms with Crippen LogP contribution in [0.3, 0.4) is 0 Å². The summed E-state index contributed by atoms with van der Waals surface area (Å²) in [6.45, 7) is -0.193. The van der Waals surface area contributed by atoms with Crippen LogP contribution in [-0.2, 0) is 4.79 Å². The highest BCUT2D eigenvalue weighted by Gasteiger charge is 2.04. The van der Waals surface area contributed by atoms with E-state index in [4.69, 9.17) is 4.74 Å². The summed E-state index contributed by atoms with van der Waals surface area (Å²) < 4.78 is 17.8. The molecular formula is C14H12FNO3. The minimum atomic E-state index is -0.366. The van der Waals surface area contributed by atoms with E-state index >= 15 is 0 Å². The Labute approximate surface area is 109 Å². The Morgan fingerprint density at radius 3 is 2.63 bits per heavy atom. The van der Waals surface area contributed by atoms with Gasteiger partial charge in [0.05, 0.1) is 0 Å². The van der Waals surface area contributed by atoms with E-state index in [1.54, 1.807) is 12.1 Å². The average molecular weight is 261 g/mol. The van der Waals surface area contributed by atoms with Gasteiger partial charge in [-0.15, -0.1) is 0 Å². The van der Waals surface area contributed by atoms with Crippen molar-refractivity contribution in [2.24, 2.45) is 0 Å². The van der Waals surface area contributed by atoms with E-state index in [0.717, 1.165) is 0 Å². The number of phenols is 1. The summed E-state index contributed by atoms with van der Waals surface area (Å²) in [7, 11) is 0. The summed E-state index contributed by atoms with van der Waals surface area (Å²) in [4.78, 5) is 11.6. The Hall–Kier alpha value is -2.56. The summed E-state index contributed by atoms with van der Waals surface area (Å²) in [5.41, 5.74) is 0.479. The lowest BCUT2D eigenvalue weighted by molar-refractivity contribution is -0.118. The van der Waals surface area contributed by atoms with Crippen LogP contribution in [0.15, 0.2) is 48.5 Å². The molecule has 0 unspecified atom stereocenters. The van der Waals surface area contributed by atoms with Gasteiger partial charge in [0.2, 0.25) is 0 Å². The van der Waals surface area contributed by atoms with E-state index in [1.807, 2.05) is 0 Å². The van der Waals surface area contributed by atoms with Crippen LogP contribution in [0.25, 0.3) is 0 Å². The number of amides is 1. The van der Waals surface area contributed by atoms with E-state index in [-0.39, 0.29) is 24.1 Å². The second-order valence-corrected chi connectivity index (χ2v) is 3.84. The van der Waals surface area contributed by atoms with Gasteiger partial charge in [-0.1, -0.05) is 6.07 Å². The molecule has 0 aliphatic carbocycles. The number of nitrogens with one attached hydrogen (secondary N) is 1. The van der Waals surface area contributed by atoms with Crippen LogP contribution >= 0.6 is 0 Å². The third-order valence-corrected chi connectivity index (χ3v) is 2.31. The van der Waals surface area contributed by atoms with Crippen LogP contribution in [0.5, 0.6) is 11.5 Å². The van der Waals surface area contributed by atoms with E-state index < -0.39 is 0 Å². The van der Waals surface area contributed by atoms with Gasteiger partial charge in [0.25, 0.3) is 5.91 Å². The first-order valence-corrected chi connectivity index (χ1v) is 5.61. The molecule has 0 fully saturated rings. The topological polar surface area (TPSA) is 58.6 Å². The normalized spacial score (nSPS) is 9.95. The molecule has 0 aliphatic rings. The number of aromatic hydroxyl groups is 1. The van der Waals surface area contributed by atoms with Crippen molar-refractivity contribution in [1.82, 2.24) is 0 Å². The van der Waals surface area contributed by atoms with E-state index in [9.17, 15) is 14.3 Å². The zero-order valence-electron chi connectivity index (χ0n) is 9.97. The maximum atomic E-state index is 12.7. The molecule has 0 saturated heterocycles. The Bertz CT molecular complexity index is 569. The second kappa shape index (κ2) is 5.86. The molecule has 4 nitrogen and oxygen atoms in total.